The molecule has 1 amide bonds. The van der Waals surface area contributed by atoms with Gasteiger partial charge in [-0.25, -0.2) is 10.4 Å². The summed E-state index contributed by atoms with van der Waals surface area (Å²) in [6.07, 6.45) is 6.32. The SMILES string of the molecule is CSCCC(O)c1ccc(N(NCCCCCCC(=O)OCCN2CCOCC2)C(=O)C(C)C)cc1. The number of hydrogen-bond acceptors (Lipinski definition) is 8. The van der Waals surface area contributed by atoms with Crippen LogP contribution >= 0.6 is 11.8 Å². The van der Waals surface area contributed by atoms with E-state index in [0.29, 0.717) is 26.0 Å². The number of aliphatic hydroxyl groups excluding tert-OH is 1. The van der Waals surface area contributed by atoms with Crippen molar-refractivity contribution >= 4 is 29.3 Å². The number of aliphatic hydroxyl groups is 1. The summed E-state index contributed by atoms with van der Waals surface area (Å²) in [6, 6.07) is 7.55. The standard InChI is InChI=1S/C27H45N3O5S/c1-22(2)27(33)30(24-11-9-23(10-12-24)25(31)13-21-36-3)28-14-7-5-4-6-8-26(32)35-20-17-29-15-18-34-19-16-29/h9-12,22,25,28,31H,4-8,13-21H2,1-3H3. The normalized spacial score (nSPS) is 15.1. The summed E-state index contributed by atoms with van der Waals surface area (Å²) in [5, 5.41) is 11.9. The van der Waals surface area contributed by atoms with Crippen LogP contribution in [0.15, 0.2) is 24.3 Å². The Morgan fingerprint density at radius 2 is 1.83 bits per heavy atom. The fourth-order valence-corrected chi connectivity index (χ4v) is 4.38. The molecule has 0 spiro atoms. The fraction of sp³-hybridized carbons (Fsp3) is 0.704. The number of esters is 1. The second-order valence-corrected chi connectivity index (χ2v) is 10.4. The second-order valence-electron chi connectivity index (χ2n) is 9.46. The van der Waals surface area contributed by atoms with Gasteiger partial charge >= 0.3 is 5.97 Å². The van der Waals surface area contributed by atoms with Gasteiger partial charge in [0.2, 0.25) is 5.91 Å². The predicted molar refractivity (Wildman–Crippen MR) is 146 cm³/mol. The molecule has 1 saturated heterocycles. The Labute approximate surface area is 221 Å². The summed E-state index contributed by atoms with van der Waals surface area (Å²) in [4.78, 5) is 27.0. The highest BCUT2D eigenvalue weighted by atomic mass is 32.2. The number of unbranched alkanes of at least 4 members (excludes halogenated alkanes) is 3. The first kappa shape index (κ1) is 30.6. The second kappa shape index (κ2) is 17.7. The Morgan fingerprint density at radius 3 is 2.50 bits per heavy atom. The van der Waals surface area contributed by atoms with Crippen molar-refractivity contribution in [1.29, 1.82) is 0 Å². The molecule has 2 rings (SSSR count). The number of anilines is 1. The third-order valence-electron chi connectivity index (χ3n) is 6.20. The molecule has 0 saturated carbocycles. The van der Waals surface area contributed by atoms with Crippen molar-refractivity contribution in [3.05, 3.63) is 29.8 Å². The van der Waals surface area contributed by atoms with Crippen molar-refractivity contribution in [3.63, 3.8) is 0 Å². The van der Waals surface area contributed by atoms with Gasteiger partial charge in [0.05, 0.1) is 25.0 Å². The lowest BCUT2D eigenvalue weighted by atomic mass is 10.1. The van der Waals surface area contributed by atoms with Crippen molar-refractivity contribution in [2.24, 2.45) is 5.92 Å². The lowest BCUT2D eigenvalue weighted by Crippen LogP contribution is -2.45. The Hall–Kier alpha value is -1.65. The molecule has 1 fully saturated rings. The van der Waals surface area contributed by atoms with Crippen LogP contribution in [0.3, 0.4) is 0 Å². The molecule has 36 heavy (non-hydrogen) atoms. The van der Waals surface area contributed by atoms with Crippen LogP contribution in [0.1, 0.15) is 64.0 Å². The number of nitrogens with one attached hydrogen (secondary N) is 1. The zero-order valence-electron chi connectivity index (χ0n) is 22.2. The lowest BCUT2D eigenvalue weighted by Gasteiger charge is -2.26. The molecule has 1 atom stereocenters. The first-order chi connectivity index (χ1) is 17.4. The molecule has 1 heterocycles. The molecule has 0 aliphatic carbocycles. The number of nitrogens with zero attached hydrogens (tertiary/aromatic N) is 2. The van der Waals surface area contributed by atoms with E-state index in [1.807, 2.05) is 44.4 Å². The molecule has 8 nitrogen and oxygen atoms in total. The monoisotopic (exact) mass is 523 g/mol. The number of ether oxygens (including phenoxy) is 2. The zero-order chi connectivity index (χ0) is 26.2. The van der Waals surface area contributed by atoms with Gasteiger partial charge in [0, 0.05) is 38.5 Å². The van der Waals surface area contributed by atoms with Crippen LogP contribution in [-0.4, -0.2) is 79.9 Å². The Morgan fingerprint density at radius 1 is 1.14 bits per heavy atom. The Bertz CT molecular complexity index is 756. The minimum atomic E-state index is -0.490. The number of benzene rings is 1. The molecular weight excluding hydrogens is 478 g/mol. The average molecular weight is 524 g/mol. The number of amides is 1. The highest BCUT2D eigenvalue weighted by molar-refractivity contribution is 7.98. The summed E-state index contributed by atoms with van der Waals surface area (Å²) in [5.74, 6) is 0.639. The molecule has 0 aromatic heterocycles. The van der Waals surface area contributed by atoms with Crippen LogP contribution < -0.4 is 10.4 Å². The van der Waals surface area contributed by atoms with Crippen LogP contribution in [-0.2, 0) is 19.1 Å². The molecular formula is C27H45N3O5S. The van der Waals surface area contributed by atoms with Crippen LogP contribution in [0.4, 0.5) is 5.69 Å². The van der Waals surface area contributed by atoms with Crippen LogP contribution in [0.5, 0.6) is 0 Å². The molecule has 0 radical (unpaired) electrons. The van der Waals surface area contributed by atoms with Crippen LogP contribution in [0.25, 0.3) is 0 Å². The third kappa shape index (κ3) is 11.6. The maximum atomic E-state index is 12.8. The maximum Gasteiger partial charge on any atom is 0.305 e. The zero-order valence-corrected chi connectivity index (χ0v) is 23.1. The Kier molecular flexibility index (Phi) is 15.1. The van der Waals surface area contributed by atoms with Crippen molar-refractivity contribution in [3.8, 4) is 0 Å². The van der Waals surface area contributed by atoms with E-state index in [1.165, 1.54) is 0 Å². The minimum absolute atomic E-state index is 0.00510. The predicted octanol–water partition coefficient (Wildman–Crippen LogP) is 3.79. The molecule has 9 heteroatoms. The van der Waals surface area contributed by atoms with Crippen molar-refractivity contribution in [2.75, 3.05) is 63.0 Å². The third-order valence-corrected chi connectivity index (χ3v) is 6.84. The van der Waals surface area contributed by atoms with E-state index in [1.54, 1.807) is 16.8 Å². The minimum Gasteiger partial charge on any atom is -0.464 e. The molecule has 1 aliphatic rings. The molecule has 204 valence electrons. The number of morpholine rings is 1. The van der Waals surface area contributed by atoms with E-state index in [0.717, 1.165) is 75.5 Å². The molecule has 1 aromatic carbocycles. The van der Waals surface area contributed by atoms with Gasteiger partial charge in [0.15, 0.2) is 0 Å². The van der Waals surface area contributed by atoms with E-state index in [9.17, 15) is 14.7 Å². The molecule has 1 aliphatic heterocycles. The smallest absolute Gasteiger partial charge is 0.305 e. The lowest BCUT2D eigenvalue weighted by molar-refractivity contribution is -0.144. The number of carbonyl (C=O) groups is 2. The first-order valence-corrected chi connectivity index (χ1v) is 14.6. The summed E-state index contributed by atoms with van der Waals surface area (Å²) >= 11 is 1.71. The topological polar surface area (TPSA) is 91.3 Å². The van der Waals surface area contributed by atoms with Gasteiger partial charge in [-0.15, -0.1) is 0 Å². The highest BCUT2D eigenvalue weighted by Gasteiger charge is 2.19. The average Bonchev–Trinajstić information content (AvgIpc) is 2.89. The van der Waals surface area contributed by atoms with E-state index in [-0.39, 0.29) is 17.8 Å². The van der Waals surface area contributed by atoms with Gasteiger partial charge in [-0.1, -0.05) is 38.8 Å². The number of hydrazine groups is 1. The summed E-state index contributed by atoms with van der Waals surface area (Å²) < 4.78 is 10.7. The highest BCUT2D eigenvalue weighted by Crippen LogP contribution is 2.22. The molecule has 1 aromatic rings. The largest absolute Gasteiger partial charge is 0.464 e. The van der Waals surface area contributed by atoms with Gasteiger partial charge in [0.1, 0.15) is 6.61 Å². The number of carbonyl (C=O) groups excluding carboxylic acids is 2. The van der Waals surface area contributed by atoms with E-state index in [2.05, 4.69) is 10.3 Å². The number of rotatable bonds is 17. The van der Waals surface area contributed by atoms with Gasteiger partial charge in [-0.05, 0) is 49.0 Å². The summed E-state index contributed by atoms with van der Waals surface area (Å²) in [6.45, 7) is 8.96. The molecule has 2 N–H and O–H groups in total. The quantitative estimate of drug-likeness (QED) is 0.181. The van der Waals surface area contributed by atoms with Crippen molar-refractivity contribution < 1.29 is 24.2 Å². The van der Waals surface area contributed by atoms with Gasteiger partial charge in [0.25, 0.3) is 0 Å². The van der Waals surface area contributed by atoms with Crippen molar-refractivity contribution in [1.82, 2.24) is 10.3 Å². The number of hydrogen-bond donors (Lipinski definition) is 2. The summed E-state index contributed by atoms with van der Waals surface area (Å²) in [7, 11) is 0. The van der Waals surface area contributed by atoms with Gasteiger partial charge in [-0.2, -0.15) is 11.8 Å². The maximum absolute atomic E-state index is 12.8. The van der Waals surface area contributed by atoms with E-state index in [4.69, 9.17) is 9.47 Å². The van der Waals surface area contributed by atoms with E-state index < -0.39 is 6.10 Å². The van der Waals surface area contributed by atoms with Crippen molar-refractivity contribution in [2.45, 2.75) is 58.5 Å². The van der Waals surface area contributed by atoms with Gasteiger partial charge in [-0.3, -0.25) is 14.5 Å². The number of thioether (sulfide) groups is 1. The summed E-state index contributed by atoms with van der Waals surface area (Å²) in [5.41, 5.74) is 4.91. The molecule has 0 bridgehead atoms. The fourth-order valence-electron chi connectivity index (χ4n) is 3.92. The molecule has 1 unspecified atom stereocenters. The first-order valence-electron chi connectivity index (χ1n) is 13.2. The van der Waals surface area contributed by atoms with E-state index >= 15 is 0 Å². The Balaban J connectivity index is 1.65. The van der Waals surface area contributed by atoms with Gasteiger partial charge < -0.3 is 14.6 Å². The van der Waals surface area contributed by atoms with Crippen LogP contribution in [0.2, 0.25) is 0 Å². The van der Waals surface area contributed by atoms with Crippen LogP contribution in [0, 0.1) is 5.92 Å².